The number of halogens is 2. The van der Waals surface area contributed by atoms with Crippen LogP contribution in [-0.2, 0) is 0 Å². The topological polar surface area (TPSA) is 80.1 Å². The maximum absolute atomic E-state index is 13.1. The number of nitrogens with one attached hydrogen (secondary N) is 1. The summed E-state index contributed by atoms with van der Waals surface area (Å²) >= 11 is 12.4. The first-order valence-electron chi connectivity index (χ1n) is 8.69. The van der Waals surface area contributed by atoms with Gasteiger partial charge in [-0.15, -0.1) is 0 Å². The normalized spacial score (nSPS) is 10.7. The van der Waals surface area contributed by atoms with Crippen molar-refractivity contribution >= 4 is 40.7 Å². The van der Waals surface area contributed by atoms with Crippen molar-refractivity contribution in [2.45, 2.75) is 13.8 Å². The van der Waals surface area contributed by atoms with Crippen LogP contribution < -0.4 is 5.32 Å². The third-order valence-corrected chi connectivity index (χ3v) is 4.69. The monoisotopic (exact) mass is 431 g/mol. The van der Waals surface area contributed by atoms with Crippen molar-refractivity contribution in [2.75, 3.05) is 19.4 Å². The molecule has 2 heterocycles. The van der Waals surface area contributed by atoms with Gasteiger partial charge >= 0.3 is 0 Å². The van der Waals surface area contributed by atoms with E-state index in [9.17, 15) is 9.59 Å². The molecule has 9 heteroatoms. The molecule has 0 saturated heterocycles. The summed E-state index contributed by atoms with van der Waals surface area (Å²) < 4.78 is 1.38. The zero-order valence-electron chi connectivity index (χ0n) is 16.3. The van der Waals surface area contributed by atoms with E-state index in [4.69, 9.17) is 23.2 Å². The maximum Gasteiger partial charge on any atom is 0.274 e. The van der Waals surface area contributed by atoms with Gasteiger partial charge in [0.05, 0.1) is 22.0 Å². The van der Waals surface area contributed by atoms with E-state index < -0.39 is 5.91 Å². The van der Waals surface area contributed by atoms with Crippen LogP contribution in [0.1, 0.15) is 32.1 Å². The predicted molar refractivity (Wildman–Crippen MR) is 113 cm³/mol. The molecule has 29 heavy (non-hydrogen) atoms. The second-order valence-corrected chi connectivity index (χ2v) is 7.53. The molecule has 1 aromatic carbocycles. The fraction of sp³-hybridized carbons (Fsp3) is 0.200. The van der Waals surface area contributed by atoms with Gasteiger partial charge in [-0.1, -0.05) is 23.2 Å². The molecule has 0 fully saturated rings. The Morgan fingerprint density at radius 3 is 2.52 bits per heavy atom. The molecule has 0 spiro atoms. The number of hydrogen-bond donors (Lipinski definition) is 1. The molecule has 0 radical (unpaired) electrons. The minimum atomic E-state index is -0.453. The molecule has 2 aromatic heterocycles. The predicted octanol–water partition coefficient (Wildman–Crippen LogP) is 4.15. The summed E-state index contributed by atoms with van der Waals surface area (Å²) in [6.45, 7) is 3.53. The molecule has 1 N–H and O–H groups in total. The van der Waals surface area contributed by atoms with Crippen LogP contribution in [0.4, 0.5) is 5.69 Å². The lowest BCUT2D eigenvalue weighted by Crippen LogP contribution is -2.25. The minimum absolute atomic E-state index is 0.237. The Hall–Kier alpha value is -2.90. The summed E-state index contributed by atoms with van der Waals surface area (Å²) in [6.07, 6.45) is 1.57. The van der Waals surface area contributed by atoms with Crippen molar-refractivity contribution in [1.82, 2.24) is 19.7 Å². The first-order chi connectivity index (χ1) is 13.7. The van der Waals surface area contributed by atoms with Crippen molar-refractivity contribution in [1.29, 1.82) is 0 Å². The molecule has 7 nitrogen and oxygen atoms in total. The summed E-state index contributed by atoms with van der Waals surface area (Å²) in [5.41, 5.74) is 2.20. The van der Waals surface area contributed by atoms with Gasteiger partial charge in [-0.05, 0) is 49.7 Å². The molecular weight excluding hydrogens is 413 g/mol. The third-order valence-electron chi connectivity index (χ3n) is 4.18. The lowest BCUT2D eigenvalue weighted by atomic mass is 10.1. The standard InChI is InChI=1S/C20H19Cl2N5O2/c1-11-8-13(21)10-14(20(29)26(3)4)17(11)24-19(28)16-9-12(2)25-27(16)18-15(22)6-5-7-23-18/h5-10H,1-4H3,(H,24,28). The fourth-order valence-corrected chi connectivity index (χ4v) is 3.33. The first-order valence-corrected chi connectivity index (χ1v) is 9.45. The number of hydrogen-bond acceptors (Lipinski definition) is 4. The molecule has 0 bridgehead atoms. The second-order valence-electron chi connectivity index (χ2n) is 6.69. The molecule has 0 aliphatic rings. The quantitative estimate of drug-likeness (QED) is 0.672. The Balaban J connectivity index is 2.05. The molecule has 2 amide bonds. The van der Waals surface area contributed by atoms with Gasteiger partial charge in [-0.3, -0.25) is 9.59 Å². The van der Waals surface area contributed by atoms with E-state index in [1.54, 1.807) is 58.4 Å². The summed E-state index contributed by atoms with van der Waals surface area (Å²) in [4.78, 5) is 31.3. The number of anilines is 1. The van der Waals surface area contributed by atoms with Crippen LogP contribution in [0.3, 0.4) is 0 Å². The highest BCUT2D eigenvalue weighted by Gasteiger charge is 2.22. The maximum atomic E-state index is 13.1. The van der Waals surface area contributed by atoms with Crippen molar-refractivity contribution < 1.29 is 9.59 Å². The first kappa shape index (κ1) is 20.8. The number of amides is 2. The van der Waals surface area contributed by atoms with Gasteiger partial charge < -0.3 is 10.2 Å². The number of benzene rings is 1. The SMILES string of the molecule is Cc1cc(C(=O)Nc2c(C)cc(Cl)cc2C(=O)N(C)C)n(-c2ncccc2Cl)n1. The van der Waals surface area contributed by atoms with Gasteiger partial charge in [0.25, 0.3) is 11.8 Å². The average molecular weight is 432 g/mol. The Morgan fingerprint density at radius 1 is 1.14 bits per heavy atom. The van der Waals surface area contributed by atoms with Gasteiger partial charge in [0.1, 0.15) is 5.69 Å². The van der Waals surface area contributed by atoms with E-state index >= 15 is 0 Å². The van der Waals surface area contributed by atoms with Crippen LogP contribution in [-0.4, -0.2) is 45.6 Å². The molecule has 3 rings (SSSR count). The van der Waals surface area contributed by atoms with Crippen molar-refractivity contribution in [3.05, 3.63) is 69.1 Å². The number of rotatable bonds is 4. The third kappa shape index (κ3) is 4.26. The summed E-state index contributed by atoms with van der Waals surface area (Å²) in [5, 5.41) is 7.93. The van der Waals surface area contributed by atoms with Crippen LogP contribution in [0.5, 0.6) is 0 Å². The minimum Gasteiger partial charge on any atom is -0.345 e. The van der Waals surface area contributed by atoms with Crippen LogP contribution >= 0.6 is 23.2 Å². The summed E-state index contributed by atoms with van der Waals surface area (Å²) in [6, 6.07) is 8.20. The Bertz CT molecular complexity index is 1110. The fourth-order valence-electron chi connectivity index (χ4n) is 2.85. The van der Waals surface area contributed by atoms with E-state index in [1.807, 2.05) is 0 Å². The summed E-state index contributed by atoms with van der Waals surface area (Å²) in [5.74, 6) is -0.390. The molecule has 0 unspecified atom stereocenters. The smallest absolute Gasteiger partial charge is 0.274 e. The number of nitrogens with zero attached hydrogens (tertiary/aromatic N) is 4. The van der Waals surface area contributed by atoms with E-state index in [0.717, 1.165) is 0 Å². The highest BCUT2D eigenvalue weighted by molar-refractivity contribution is 6.32. The van der Waals surface area contributed by atoms with Gasteiger partial charge in [-0.2, -0.15) is 5.10 Å². The number of carbonyl (C=O) groups excluding carboxylic acids is 2. The highest BCUT2D eigenvalue weighted by atomic mass is 35.5. The summed E-state index contributed by atoms with van der Waals surface area (Å²) in [7, 11) is 3.26. The number of pyridine rings is 1. The van der Waals surface area contributed by atoms with Crippen LogP contribution in [0.2, 0.25) is 10.0 Å². The molecule has 0 aliphatic carbocycles. The second kappa shape index (κ2) is 8.23. The lowest BCUT2D eigenvalue weighted by Gasteiger charge is -2.17. The van der Waals surface area contributed by atoms with Crippen LogP contribution in [0, 0.1) is 13.8 Å². The molecule has 0 saturated carbocycles. The zero-order valence-corrected chi connectivity index (χ0v) is 17.8. The Labute approximate surface area is 178 Å². The molecule has 3 aromatic rings. The number of aryl methyl sites for hydroxylation is 2. The van der Waals surface area contributed by atoms with Gasteiger partial charge in [0.15, 0.2) is 5.82 Å². The molecular formula is C20H19Cl2N5O2. The van der Waals surface area contributed by atoms with Crippen LogP contribution in [0.15, 0.2) is 36.5 Å². The Morgan fingerprint density at radius 2 is 1.86 bits per heavy atom. The highest BCUT2D eigenvalue weighted by Crippen LogP contribution is 2.28. The largest absolute Gasteiger partial charge is 0.345 e. The average Bonchev–Trinajstić information content (AvgIpc) is 3.05. The van der Waals surface area contributed by atoms with Crippen LogP contribution in [0.25, 0.3) is 5.82 Å². The van der Waals surface area contributed by atoms with E-state index in [1.165, 1.54) is 15.6 Å². The van der Waals surface area contributed by atoms with E-state index in [0.29, 0.717) is 38.4 Å². The van der Waals surface area contributed by atoms with Crippen molar-refractivity contribution in [2.24, 2.45) is 0 Å². The number of carbonyl (C=O) groups is 2. The van der Waals surface area contributed by atoms with Crippen molar-refractivity contribution in [3.63, 3.8) is 0 Å². The van der Waals surface area contributed by atoms with Gasteiger partial charge in [0.2, 0.25) is 0 Å². The molecule has 0 atom stereocenters. The number of aromatic nitrogens is 3. The molecule has 150 valence electrons. The lowest BCUT2D eigenvalue weighted by molar-refractivity contribution is 0.0828. The van der Waals surface area contributed by atoms with Crippen molar-refractivity contribution in [3.8, 4) is 5.82 Å². The van der Waals surface area contributed by atoms with Gasteiger partial charge in [-0.25, -0.2) is 9.67 Å². The van der Waals surface area contributed by atoms with E-state index in [2.05, 4.69) is 15.4 Å². The molecule has 0 aliphatic heterocycles. The Kier molecular flexibility index (Phi) is 5.91. The van der Waals surface area contributed by atoms with E-state index in [-0.39, 0.29) is 11.6 Å². The van der Waals surface area contributed by atoms with Gasteiger partial charge in [0, 0.05) is 25.3 Å². The zero-order chi connectivity index (χ0) is 21.3.